The second-order valence-electron chi connectivity index (χ2n) is 4.20. The van der Waals surface area contributed by atoms with Crippen LogP contribution < -0.4 is 4.72 Å². The first-order valence-corrected chi connectivity index (χ1v) is 7.52. The summed E-state index contributed by atoms with van der Waals surface area (Å²) in [6, 6.07) is 1.33. The van der Waals surface area contributed by atoms with Crippen molar-refractivity contribution in [2.75, 3.05) is 4.72 Å². The Morgan fingerprint density at radius 2 is 2.10 bits per heavy atom. The molecular weight excluding hydrogens is 320 g/mol. The van der Waals surface area contributed by atoms with Gasteiger partial charge < -0.3 is 10.1 Å². The van der Waals surface area contributed by atoms with Crippen molar-refractivity contribution in [2.45, 2.75) is 18.7 Å². The lowest BCUT2D eigenvalue weighted by molar-refractivity contribution is 0.0690. The molecule has 0 aliphatic rings. The molecule has 2 heterocycles. The van der Waals surface area contributed by atoms with E-state index >= 15 is 0 Å². The summed E-state index contributed by atoms with van der Waals surface area (Å²) in [4.78, 5) is 20.8. The van der Waals surface area contributed by atoms with Gasteiger partial charge in [-0.3, -0.25) is 4.72 Å². The van der Waals surface area contributed by atoms with Gasteiger partial charge in [-0.1, -0.05) is 0 Å². The zero-order valence-corrected chi connectivity index (χ0v) is 12.6. The summed E-state index contributed by atoms with van der Waals surface area (Å²) >= 11 is 5.59. The lowest BCUT2D eigenvalue weighted by Gasteiger charge is -2.08. The number of aromatic amines is 1. The number of carboxylic acid groups (broad SMARTS) is 1. The minimum Gasteiger partial charge on any atom is -0.477 e. The van der Waals surface area contributed by atoms with Crippen LogP contribution in [0.2, 0.25) is 5.28 Å². The van der Waals surface area contributed by atoms with E-state index in [1.165, 1.54) is 26.1 Å². The van der Waals surface area contributed by atoms with Crippen LogP contribution in [0.15, 0.2) is 17.2 Å². The van der Waals surface area contributed by atoms with Crippen LogP contribution >= 0.6 is 11.6 Å². The van der Waals surface area contributed by atoms with Gasteiger partial charge in [0.05, 0.1) is 0 Å². The first-order chi connectivity index (χ1) is 9.72. The monoisotopic (exact) mass is 330 g/mol. The van der Waals surface area contributed by atoms with Gasteiger partial charge in [0.1, 0.15) is 16.4 Å². The highest BCUT2D eigenvalue weighted by Gasteiger charge is 2.26. The molecule has 0 aromatic carbocycles. The molecule has 0 spiro atoms. The quantitative estimate of drug-likeness (QED) is 0.731. The van der Waals surface area contributed by atoms with Crippen LogP contribution in [-0.2, 0) is 10.0 Å². The highest BCUT2D eigenvalue weighted by Crippen LogP contribution is 2.25. The van der Waals surface area contributed by atoms with E-state index in [2.05, 4.69) is 19.7 Å². The highest BCUT2D eigenvalue weighted by atomic mass is 35.5. The summed E-state index contributed by atoms with van der Waals surface area (Å²) in [7, 11) is -4.00. The number of aromatic nitrogens is 3. The summed E-state index contributed by atoms with van der Waals surface area (Å²) < 4.78 is 27.0. The van der Waals surface area contributed by atoms with Crippen molar-refractivity contribution in [1.82, 2.24) is 15.0 Å². The number of hydrogen-bond donors (Lipinski definition) is 3. The van der Waals surface area contributed by atoms with Gasteiger partial charge in [-0.15, -0.1) is 0 Å². The van der Waals surface area contributed by atoms with Crippen LogP contribution in [-0.4, -0.2) is 34.4 Å². The van der Waals surface area contributed by atoms with E-state index < -0.39 is 16.0 Å². The number of carboxylic acids is 1. The molecule has 0 bridgehead atoms. The van der Waals surface area contributed by atoms with Crippen molar-refractivity contribution >= 4 is 33.4 Å². The molecule has 0 aliphatic heterocycles. The predicted octanol–water partition coefficient (Wildman–Crippen LogP) is 1.57. The fraction of sp³-hybridized carbons (Fsp3) is 0.182. The maximum Gasteiger partial charge on any atom is 0.352 e. The number of aryl methyl sites for hydroxylation is 1. The van der Waals surface area contributed by atoms with E-state index in [1.54, 1.807) is 0 Å². The molecule has 0 atom stereocenters. The molecule has 0 saturated heterocycles. The van der Waals surface area contributed by atoms with Crippen molar-refractivity contribution < 1.29 is 18.3 Å². The zero-order valence-electron chi connectivity index (χ0n) is 11.0. The van der Waals surface area contributed by atoms with Gasteiger partial charge in [0.2, 0.25) is 5.28 Å². The lowest BCUT2D eigenvalue weighted by Crippen LogP contribution is -2.15. The average Bonchev–Trinajstić information content (AvgIpc) is 2.64. The summed E-state index contributed by atoms with van der Waals surface area (Å²) in [6.07, 6.45) is 1.30. The van der Waals surface area contributed by atoms with Gasteiger partial charge in [0.25, 0.3) is 10.0 Å². The van der Waals surface area contributed by atoms with Crippen LogP contribution in [0.5, 0.6) is 0 Å². The second kappa shape index (κ2) is 5.34. The Labute approximate surface area is 125 Å². The standard InChI is InChI=1S/C11H11ClN4O4S/c1-5-8(10(17)18)14-6(2)9(5)21(19,20)16-7-3-4-13-11(12)15-7/h3-4,14H,1-2H3,(H,17,18)(H,13,15,16). The molecule has 0 amide bonds. The SMILES string of the molecule is Cc1[nH]c(C(=O)O)c(C)c1S(=O)(=O)Nc1ccnc(Cl)n1. The number of rotatable bonds is 4. The van der Waals surface area contributed by atoms with E-state index in [1.807, 2.05) is 0 Å². The van der Waals surface area contributed by atoms with Crippen LogP contribution in [0.4, 0.5) is 5.82 Å². The van der Waals surface area contributed by atoms with Crippen LogP contribution in [0.25, 0.3) is 0 Å². The fourth-order valence-electron chi connectivity index (χ4n) is 1.93. The molecule has 0 unspecified atom stereocenters. The van der Waals surface area contributed by atoms with Crippen LogP contribution in [0.1, 0.15) is 21.7 Å². The third-order valence-electron chi connectivity index (χ3n) is 2.72. The molecule has 0 saturated carbocycles. The largest absolute Gasteiger partial charge is 0.477 e. The van der Waals surface area contributed by atoms with Crippen molar-refractivity contribution in [3.63, 3.8) is 0 Å². The van der Waals surface area contributed by atoms with E-state index in [-0.39, 0.29) is 32.9 Å². The Bertz CT molecular complexity index is 816. The summed E-state index contributed by atoms with van der Waals surface area (Å²) in [6.45, 7) is 2.88. The second-order valence-corrected chi connectivity index (χ2v) is 6.16. The minimum atomic E-state index is -4.00. The highest BCUT2D eigenvalue weighted by molar-refractivity contribution is 7.92. The third-order valence-corrected chi connectivity index (χ3v) is 4.53. The van der Waals surface area contributed by atoms with E-state index in [4.69, 9.17) is 16.7 Å². The molecule has 10 heteroatoms. The molecule has 2 rings (SSSR count). The van der Waals surface area contributed by atoms with Gasteiger partial charge in [0.15, 0.2) is 0 Å². The number of hydrogen-bond acceptors (Lipinski definition) is 5. The first-order valence-electron chi connectivity index (χ1n) is 5.66. The number of H-pyrrole nitrogens is 1. The van der Waals surface area contributed by atoms with E-state index in [0.29, 0.717) is 0 Å². The van der Waals surface area contributed by atoms with Crippen molar-refractivity contribution in [3.8, 4) is 0 Å². The number of halogens is 1. The van der Waals surface area contributed by atoms with Gasteiger partial charge in [-0.25, -0.2) is 18.2 Å². The van der Waals surface area contributed by atoms with E-state index in [0.717, 1.165) is 0 Å². The first kappa shape index (κ1) is 15.3. The van der Waals surface area contributed by atoms with Gasteiger partial charge >= 0.3 is 5.97 Å². The molecule has 2 aromatic rings. The number of anilines is 1. The molecule has 2 aromatic heterocycles. The summed E-state index contributed by atoms with van der Waals surface area (Å²) in [5, 5.41) is 8.90. The van der Waals surface area contributed by atoms with Gasteiger partial charge in [-0.05, 0) is 31.5 Å². The smallest absolute Gasteiger partial charge is 0.352 e. The summed E-state index contributed by atoms with van der Waals surface area (Å²) in [5.41, 5.74) is 0.166. The minimum absolute atomic E-state index is 0.00752. The number of nitrogens with zero attached hydrogens (tertiary/aromatic N) is 2. The maximum absolute atomic E-state index is 12.4. The molecular formula is C11H11ClN4O4S. The topological polar surface area (TPSA) is 125 Å². The third kappa shape index (κ3) is 2.98. The molecule has 0 fully saturated rings. The van der Waals surface area contributed by atoms with Crippen molar-refractivity contribution in [3.05, 3.63) is 34.5 Å². The van der Waals surface area contributed by atoms with Crippen LogP contribution in [0, 0.1) is 13.8 Å². The number of aromatic carboxylic acids is 1. The van der Waals surface area contributed by atoms with Crippen molar-refractivity contribution in [2.24, 2.45) is 0 Å². The normalized spacial score (nSPS) is 11.4. The lowest BCUT2D eigenvalue weighted by atomic mass is 10.2. The summed E-state index contributed by atoms with van der Waals surface area (Å²) in [5.74, 6) is -1.24. The Morgan fingerprint density at radius 3 is 2.62 bits per heavy atom. The van der Waals surface area contributed by atoms with Crippen molar-refractivity contribution in [1.29, 1.82) is 0 Å². The molecule has 112 valence electrons. The molecule has 0 aliphatic carbocycles. The number of sulfonamides is 1. The fourth-order valence-corrected chi connectivity index (χ4v) is 3.53. The number of carbonyl (C=O) groups is 1. The zero-order chi connectivity index (χ0) is 15.8. The Kier molecular flexibility index (Phi) is 3.88. The van der Waals surface area contributed by atoms with E-state index in [9.17, 15) is 13.2 Å². The molecule has 0 radical (unpaired) electrons. The number of nitrogens with one attached hydrogen (secondary N) is 2. The van der Waals surface area contributed by atoms with Gasteiger partial charge in [-0.2, -0.15) is 4.98 Å². The Morgan fingerprint density at radius 1 is 1.43 bits per heavy atom. The molecule has 21 heavy (non-hydrogen) atoms. The average molecular weight is 331 g/mol. The van der Waals surface area contributed by atoms with Gasteiger partial charge in [0, 0.05) is 17.5 Å². The Balaban J connectivity index is 2.48. The van der Waals surface area contributed by atoms with Crippen LogP contribution in [0.3, 0.4) is 0 Å². The maximum atomic E-state index is 12.4. The predicted molar refractivity (Wildman–Crippen MR) is 75.1 cm³/mol. The Hall–Kier alpha value is -2.13. The molecule has 8 nitrogen and oxygen atoms in total. The molecule has 3 N–H and O–H groups in total.